The summed E-state index contributed by atoms with van der Waals surface area (Å²) in [6.45, 7) is 0. The molecule has 10 aromatic rings. The first-order valence-corrected chi connectivity index (χ1v) is 19.6. The van der Waals surface area contributed by atoms with Crippen molar-refractivity contribution in [1.82, 2.24) is 19.5 Å². The second kappa shape index (κ2) is 12.3. The first-order valence-electron chi connectivity index (χ1n) is 19.6. The van der Waals surface area contributed by atoms with Crippen molar-refractivity contribution in [1.29, 1.82) is 0 Å². The van der Waals surface area contributed by atoms with Crippen LogP contribution in [-0.4, -0.2) is 19.5 Å². The van der Waals surface area contributed by atoms with Crippen LogP contribution >= 0.6 is 0 Å². The number of rotatable bonds is 5. The fourth-order valence-corrected chi connectivity index (χ4v) is 9.79. The molecule has 12 rings (SSSR count). The largest absolute Gasteiger partial charge is 0.278 e. The molecule has 0 radical (unpaired) electrons. The van der Waals surface area contributed by atoms with Crippen LogP contribution in [-0.2, 0) is 11.8 Å². The molecule has 2 heterocycles. The van der Waals surface area contributed by atoms with Crippen LogP contribution in [0.3, 0.4) is 0 Å². The average Bonchev–Trinajstić information content (AvgIpc) is 3.92. The highest BCUT2D eigenvalue weighted by molar-refractivity contribution is 6.12. The lowest BCUT2D eigenvalue weighted by Gasteiger charge is -2.34. The van der Waals surface area contributed by atoms with Crippen LogP contribution in [0, 0.1) is 0 Å². The molecular weight excluding hydrogens is 693 g/mol. The minimum atomic E-state index is -0.539. The van der Waals surface area contributed by atoms with Crippen LogP contribution in [0.15, 0.2) is 194 Å². The molecule has 57 heavy (non-hydrogen) atoms. The van der Waals surface area contributed by atoms with E-state index in [9.17, 15) is 0 Å². The number of hydrogen-bond acceptors (Lipinski definition) is 3. The van der Waals surface area contributed by atoms with Gasteiger partial charge in [-0.05, 0) is 80.3 Å². The quantitative estimate of drug-likeness (QED) is 0.177. The van der Waals surface area contributed by atoms with E-state index in [0.29, 0.717) is 17.6 Å². The Kier molecular flexibility index (Phi) is 6.87. The maximum Gasteiger partial charge on any atom is 0.238 e. The van der Waals surface area contributed by atoms with Crippen LogP contribution in [0.2, 0.25) is 0 Å². The second-order valence-corrected chi connectivity index (χ2v) is 15.1. The molecule has 2 aliphatic rings. The smallest absolute Gasteiger partial charge is 0.238 e. The Labute approximate surface area is 330 Å². The van der Waals surface area contributed by atoms with Crippen molar-refractivity contribution >= 4 is 21.8 Å². The van der Waals surface area contributed by atoms with Crippen molar-refractivity contribution in [3.63, 3.8) is 0 Å². The highest BCUT2D eigenvalue weighted by atomic mass is 15.2. The highest BCUT2D eigenvalue weighted by Crippen LogP contribution is 2.57. The van der Waals surface area contributed by atoms with Gasteiger partial charge in [-0.2, -0.15) is 9.97 Å². The standard InChI is InChI=1S/C53H34N4/c1-4-17-34(18-5-1)50-54-51(42-28-16-27-39-38-24-11-10-19-35(38)31-43(39)42)56-52(55-50)57-48-30-15-13-26-41(48)45-32-44-40-25-12-14-29-46(40)53(47(44)33-49(45)57,36-20-6-2-7-21-36)37-22-8-3-9-23-37/h1-30,32-33H,31H2. The van der Waals surface area contributed by atoms with Crippen molar-refractivity contribution in [3.8, 4) is 51.0 Å². The number of para-hydroxylation sites is 1. The van der Waals surface area contributed by atoms with Gasteiger partial charge in [0.2, 0.25) is 5.95 Å². The third-order valence-electron chi connectivity index (χ3n) is 12.2. The van der Waals surface area contributed by atoms with Gasteiger partial charge in [0.15, 0.2) is 11.6 Å². The van der Waals surface area contributed by atoms with E-state index in [0.717, 1.165) is 39.4 Å². The Hall–Kier alpha value is -7.43. The lowest BCUT2D eigenvalue weighted by molar-refractivity contribution is 0.769. The Balaban J connectivity index is 1.17. The van der Waals surface area contributed by atoms with E-state index in [-0.39, 0.29) is 0 Å². The molecule has 2 aromatic heterocycles. The fourth-order valence-electron chi connectivity index (χ4n) is 9.79. The summed E-state index contributed by atoms with van der Waals surface area (Å²) in [6, 6.07) is 69.9. The zero-order valence-corrected chi connectivity index (χ0v) is 31.0. The van der Waals surface area contributed by atoms with Crippen LogP contribution in [0.25, 0.3) is 72.8 Å². The van der Waals surface area contributed by atoms with Gasteiger partial charge in [-0.25, -0.2) is 4.98 Å². The number of benzene rings is 8. The molecule has 0 saturated carbocycles. The molecule has 0 fully saturated rings. The first-order chi connectivity index (χ1) is 28.3. The van der Waals surface area contributed by atoms with Gasteiger partial charge in [0.1, 0.15) is 0 Å². The predicted octanol–water partition coefficient (Wildman–Crippen LogP) is 12.2. The van der Waals surface area contributed by atoms with Crippen molar-refractivity contribution < 1.29 is 0 Å². The maximum absolute atomic E-state index is 5.44. The van der Waals surface area contributed by atoms with Crippen LogP contribution in [0.5, 0.6) is 0 Å². The molecule has 0 N–H and O–H groups in total. The summed E-state index contributed by atoms with van der Waals surface area (Å²) in [7, 11) is 0. The lowest BCUT2D eigenvalue weighted by atomic mass is 9.67. The Bertz CT molecular complexity index is 3160. The van der Waals surface area contributed by atoms with E-state index in [4.69, 9.17) is 15.0 Å². The van der Waals surface area contributed by atoms with E-state index in [1.165, 1.54) is 55.6 Å². The molecule has 0 unspecified atom stereocenters. The molecule has 0 spiro atoms. The molecule has 266 valence electrons. The lowest BCUT2D eigenvalue weighted by Crippen LogP contribution is -2.28. The molecule has 4 nitrogen and oxygen atoms in total. The van der Waals surface area contributed by atoms with Gasteiger partial charge in [-0.1, -0.05) is 176 Å². The van der Waals surface area contributed by atoms with E-state index in [2.05, 4.69) is 180 Å². The molecule has 8 aromatic carbocycles. The summed E-state index contributed by atoms with van der Waals surface area (Å²) in [6.07, 6.45) is 0.840. The molecule has 0 bridgehead atoms. The van der Waals surface area contributed by atoms with E-state index < -0.39 is 5.41 Å². The summed E-state index contributed by atoms with van der Waals surface area (Å²) >= 11 is 0. The van der Waals surface area contributed by atoms with Gasteiger partial charge in [-0.15, -0.1) is 0 Å². The number of nitrogens with zero attached hydrogens (tertiary/aromatic N) is 4. The topological polar surface area (TPSA) is 43.6 Å². The van der Waals surface area contributed by atoms with Gasteiger partial charge in [0.05, 0.1) is 16.4 Å². The van der Waals surface area contributed by atoms with Gasteiger partial charge >= 0.3 is 0 Å². The summed E-state index contributed by atoms with van der Waals surface area (Å²) in [5, 5.41) is 2.32. The monoisotopic (exact) mass is 726 g/mol. The highest BCUT2D eigenvalue weighted by Gasteiger charge is 2.46. The number of fused-ring (bicyclic) bond motifs is 9. The SMILES string of the molecule is c1ccc(-c2nc(-c3cccc4c3Cc3ccccc3-4)nc(-n3c4ccccc4c4cc5c(cc43)C(c3ccccc3)(c3ccccc3)c3ccccc3-5)n2)cc1. The Morgan fingerprint density at radius 3 is 1.81 bits per heavy atom. The summed E-state index contributed by atoms with van der Waals surface area (Å²) in [4.78, 5) is 16.0. The zero-order chi connectivity index (χ0) is 37.5. The molecule has 0 saturated heterocycles. The number of aromatic nitrogens is 4. The van der Waals surface area contributed by atoms with Crippen molar-refractivity contribution in [2.24, 2.45) is 0 Å². The van der Waals surface area contributed by atoms with Gasteiger partial charge in [0.25, 0.3) is 0 Å². The Morgan fingerprint density at radius 2 is 1.02 bits per heavy atom. The van der Waals surface area contributed by atoms with Crippen LogP contribution in [0.1, 0.15) is 33.4 Å². The van der Waals surface area contributed by atoms with Crippen molar-refractivity contribution in [3.05, 3.63) is 228 Å². The van der Waals surface area contributed by atoms with E-state index in [1.54, 1.807) is 0 Å². The van der Waals surface area contributed by atoms with E-state index >= 15 is 0 Å². The zero-order valence-electron chi connectivity index (χ0n) is 31.0. The molecule has 4 heteroatoms. The maximum atomic E-state index is 5.44. The molecule has 2 aliphatic carbocycles. The number of hydrogen-bond donors (Lipinski definition) is 0. The summed E-state index contributed by atoms with van der Waals surface area (Å²) in [5.74, 6) is 1.91. The van der Waals surface area contributed by atoms with Gasteiger partial charge < -0.3 is 0 Å². The van der Waals surface area contributed by atoms with E-state index in [1.807, 2.05) is 18.2 Å². The molecular formula is C53H34N4. The third-order valence-corrected chi connectivity index (χ3v) is 12.2. The fraction of sp³-hybridized carbons (Fsp3) is 0.0377. The average molecular weight is 727 g/mol. The Morgan fingerprint density at radius 1 is 0.404 bits per heavy atom. The van der Waals surface area contributed by atoms with Gasteiger partial charge in [-0.3, -0.25) is 4.57 Å². The molecule has 0 atom stereocenters. The normalized spacial score (nSPS) is 13.3. The van der Waals surface area contributed by atoms with Crippen molar-refractivity contribution in [2.75, 3.05) is 0 Å². The predicted molar refractivity (Wildman–Crippen MR) is 231 cm³/mol. The molecule has 0 amide bonds. The van der Waals surface area contributed by atoms with Crippen molar-refractivity contribution in [2.45, 2.75) is 11.8 Å². The second-order valence-electron chi connectivity index (χ2n) is 15.1. The van der Waals surface area contributed by atoms with Gasteiger partial charge in [0, 0.05) is 21.9 Å². The minimum Gasteiger partial charge on any atom is -0.278 e. The summed E-state index contributed by atoms with van der Waals surface area (Å²) in [5.41, 5.74) is 16.2. The summed E-state index contributed by atoms with van der Waals surface area (Å²) < 4.78 is 2.27. The van der Waals surface area contributed by atoms with Crippen LogP contribution < -0.4 is 0 Å². The minimum absolute atomic E-state index is 0.539. The molecule has 0 aliphatic heterocycles. The first kappa shape index (κ1) is 31.9. The third kappa shape index (κ3) is 4.59. The van der Waals surface area contributed by atoms with Crippen LogP contribution in [0.4, 0.5) is 0 Å².